The average Bonchev–Trinajstić information content (AvgIpc) is 1.60. The minimum absolute atomic E-state index is 0.387. The molecule has 0 atom stereocenters. The van der Waals surface area contributed by atoms with Crippen LogP contribution in [0.1, 0.15) is 33.1 Å². The first kappa shape index (κ1) is 7.07. The standard InChI is InChI=1S/C8H17N/c1-8(2,9-3)7-5-4-6-7/h7,9H,4-6H2,1-3H3. The lowest BCUT2D eigenvalue weighted by Gasteiger charge is -2.40. The molecule has 0 aromatic heterocycles. The van der Waals surface area contributed by atoms with Crippen molar-refractivity contribution in [2.45, 2.75) is 38.6 Å². The molecule has 0 bridgehead atoms. The maximum atomic E-state index is 3.34. The molecular formula is C8H17N. The van der Waals surface area contributed by atoms with Gasteiger partial charge in [0.15, 0.2) is 0 Å². The Morgan fingerprint density at radius 2 is 1.89 bits per heavy atom. The topological polar surface area (TPSA) is 12.0 Å². The molecule has 0 aromatic carbocycles. The van der Waals surface area contributed by atoms with Gasteiger partial charge in [0.1, 0.15) is 0 Å². The zero-order valence-corrected chi connectivity index (χ0v) is 6.70. The monoisotopic (exact) mass is 127 g/mol. The van der Waals surface area contributed by atoms with Crippen LogP contribution in [0.25, 0.3) is 0 Å². The van der Waals surface area contributed by atoms with Crippen LogP contribution >= 0.6 is 0 Å². The minimum Gasteiger partial charge on any atom is -0.315 e. The molecule has 0 saturated heterocycles. The summed E-state index contributed by atoms with van der Waals surface area (Å²) in [6.07, 6.45) is 4.29. The summed E-state index contributed by atoms with van der Waals surface area (Å²) >= 11 is 0. The van der Waals surface area contributed by atoms with E-state index in [4.69, 9.17) is 0 Å². The van der Waals surface area contributed by atoms with Gasteiger partial charge in [-0.2, -0.15) is 0 Å². The third-order valence-corrected chi connectivity index (χ3v) is 2.77. The van der Waals surface area contributed by atoms with Crippen LogP contribution in [0.2, 0.25) is 0 Å². The summed E-state index contributed by atoms with van der Waals surface area (Å²) in [5.74, 6) is 0.933. The van der Waals surface area contributed by atoms with Crippen LogP contribution in [0, 0.1) is 5.92 Å². The second-order valence-corrected chi connectivity index (χ2v) is 3.60. The number of hydrogen-bond acceptors (Lipinski definition) is 1. The Morgan fingerprint density at radius 1 is 1.33 bits per heavy atom. The van der Waals surface area contributed by atoms with Gasteiger partial charge in [-0.3, -0.25) is 0 Å². The Balaban J connectivity index is 2.37. The fourth-order valence-corrected chi connectivity index (χ4v) is 1.33. The SMILES string of the molecule is CNC(C)(C)C1CCC1. The van der Waals surface area contributed by atoms with E-state index in [-0.39, 0.29) is 0 Å². The maximum Gasteiger partial charge on any atom is 0.0150 e. The first-order valence-electron chi connectivity index (χ1n) is 3.86. The number of hydrogen-bond donors (Lipinski definition) is 1. The van der Waals surface area contributed by atoms with E-state index >= 15 is 0 Å². The molecule has 0 spiro atoms. The summed E-state index contributed by atoms with van der Waals surface area (Å²) in [5, 5.41) is 3.34. The molecule has 0 amide bonds. The minimum atomic E-state index is 0.387. The van der Waals surface area contributed by atoms with E-state index < -0.39 is 0 Å². The van der Waals surface area contributed by atoms with Gasteiger partial charge in [0.2, 0.25) is 0 Å². The van der Waals surface area contributed by atoms with Crippen molar-refractivity contribution in [1.82, 2.24) is 5.32 Å². The molecule has 0 aliphatic heterocycles. The third kappa shape index (κ3) is 1.26. The molecule has 0 aromatic rings. The number of nitrogens with one attached hydrogen (secondary N) is 1. The summed E-state index contributed by atoms with van der Waals surface area (Å²) in [5.41, 5.74) is 0.387. The molecule has 9 heavy (non-hydrogen) atoms. The van der Waals surface area contributed by atoms with E-state index in [2.05, 4.69) is 26.2 Å². The van der Waals surface area contributed by atoms with Crippen LogP contribution in [0.5, 0.6) is 0 Å². The quantitative estimate of drug-likeness (QED) is 0.596. The van der Waals surface area contributed by atoms with Gasteiger partial charge in [-0.1, -0.05) is 6.42 Å². The van der Waals surface area contributed by atoms with E-state index in [9.17, 15) is 0 Å². The molecular weight excluding hydrogens is 110 g/mol. The van der Waals surface area contributed by atoms with Gasteiger partial charge in [0.25, 0.3) is 0 Å². The molecule has 1 aliphatic rings. The maximum absolute atomic E-state index is 3.34. The zero-order chi connectivity index (χ0) is 6.91. The fraction of sp³-hybridized carbons (Fsp3) is 1.00. The predicted octanol–water partition coefficient (Wildman–Crippen LogP) is 1.78. The molecule has 1 N–H and O–H groups in total. The molecule has 1 saturated carbocycles. The lowest BCUT2D eigenvalue weighted by atomic mass is 9.73. The van der Waals surface area contributed by atoms with Gasteiger partial charge in [0.05, 0.1) is 0 Å². The van der Waals surface area contributed by atoms with Gasteiger partial charge in [0, 0.05) is 5.54 Å². The fourth-order valence-electron chi connectivity index (χ4n) is 1.33. The second-order valence-electron chi connectivity index (χ2n) is 3.60. The highest BCUT2D eigenvalue weighted by Crippen LogP contribution is 2.35. The first-order chi connectivity index (χ1) is 4.17. The van der Waals surface area contributed by atoms with Crippen molar-refractivity contribution in [3.63, 3.8) is 0 Å². The molecule has 0 unspecified atom stereocenters. The van der Waals surface area contributed by atoms with Crippen LogP contribution in [-0.2, 0) is 0 Å². The second kappa shape index (κ2) is 2.30. The zero-order valence-electron chi connectivity index (χ0n) is 6.70. The Hall–Kier alpha value is -0.0400. The van der Waals surface area contributed by atoms with E-state index in [1.165, 1.54) is 19.3 Å². The Kier molecular flexibility index (Phi) is 1.80. The molecule has 1 heteroatoms. The van der Waals surface area contributed by atoms with Crippen molar-refractivity contribution in [2.24, 2.45) is 5.92 Å². The van der Waals surface area contributed by atoms with Crippen molar-refractivity contribution in [3.05, 3.63) is 0 Å². The van der Waals surface area contributed by atoms with E-state index in [1.807, 2.05) is 0 Å². The molecule has 1 aliphatic carbocycles. The first-order valence-corrected chi connectivity index (χ1v) is 3.86. The molecule has 1 rings (SSSR count). The van der Waals surface area contributed by atoms with Gasteiger partial charge in [-0.15, -0.1) is 0 Å². The van der Waals surface area contributed by atoms with Gasteiger partial charge >= 0.3 is 0 Å². The smallest absolute Gasteiger partial charge is 0.0150 e. The molecule has 1 fully saturated rings. The summed E-state index contributed by atoms with van der Waals surface area (Å²) < 4.78 is 0. The predicted molar refractivity (Wildman–Crippen MR) is 40.5 cm³/mol. The lowest BCUT2D eigenvalue weighted by molar-refractivity contribution is 0.168. The highest BCUT2D eigenvalue weighted by atomic mass is 14.9. The normalized spacial score (nSPS) is 21.7. The Labute approximate surface area is 57.8 Å². The van der Waals surface area contributed by atoms with Gasteiger partial charge < -0.3 is 5.32 Å². The molecule has 0 heterocycles. The van der Waals surface area contributed by atoms with Crippen molar-refractivity contribution in [1.29, 1.82) is 0 Å². The summed E-state index contributed by atoms with van der Waals surface area (Å²) in [6, 6.07) is 0. The number of rotatable bonds is 2. The molecule has 0 radical (unpaired) electrons. The summed E-state index contributed by atoms with van der Waals surface area (Å²) in [6.45, 7) is 4.58. The Morgan fingerprint density at radius 3 is 2.00 bits per heavy atom. The largest absolute Gasteiger partial charge is 0.315 e. The lowest BCUT2D eigenvalue weighted by Crippen LogP contribution is -2.46. The van der Waals surface area contributed by atoms with Crippen molar-refractivity contribution >= 4 is 0 Å². The highest BCUT2D eigenvalue weighted by molar-refractivity contribution is 4.89. The third-order valence-electron chi connectivity index (χ3n) is 2.77. The van der Waals surface area contributed by atoms with Crippen LogP contribution in [0.15, 0.2) is 0 Å². The van der Waals surface area contributed by atoms with E-state index in [0.29, 0.717) is 5.54 Å². The highest BCUT2D eigenvalue weighted by Gasteiger charge is 2.31. The van der Waals surface area contributed by atoms with Crippen molar-refractivity contribution < 1.29 is 0 Å². The van der Waals surface area contributed by atoms with Crippen LogP contribution in [0.4, 0.5) is 0 Å². The van der Waals surface area contributed by atoms with Crippen molar-refractivity contribution in [2.75, 3.05) is 7.05 Å². The van der Waals surface area contributed by atoms with Gasteiger partial charge in [-0.25, -0.2) is 0 Å². The van der Waals surface area contributed by atoms with E-state index in [0.717, 1.165) is 5.92 Å². The average molecular weight is 127 g/mol. The summed E-state index contributed by atoms with van der Waals surface area (Å²) in [7, 11) is 2.05. The van der Waals surface area contributed by atoms with Crippen LogP contribution < -0.4 is 5.32 Å². The summed E-state index contributed by atoms with van der Waals surface area (Å²) in [4.78, 5) is 0. The van der Waals surface area contributed by atoms with Gasteiger partial charge in [-0.05, 0) is 39.7 Å². The molecule has 1 nitrogen and oxygen atoms in total. The van der Waals surface area contributed by atoms with Crippen LogP contribution in [0.3, 0.4) is 0 Å². The Bertz CT molecular complexity index is 92.7. The van der Waals surface area contributed by atoms with E-state index in [1.54, 1.807) is 0 Å². The van der Waals surface area contributed by atoms with Crippen LogP contribution in [-0.4, -0.2) is 12.6 Å². The molecule has 54 valence electrons. The van der Waals surface area contributed by atoms with Crippen molar-refractivity contribution in [3.8, 4) is 0 Å².